The molecule has 0 aliphatic heterocycles. The maximum Gasteiger partial charge on any atom is 0.452 e. The van der Waals surface area contributed by atoms with Gasteiger partial charge in [-0.25, -0.2) is 0 Å². The van der Waals surface area contributed by atoms with Gasteiger partial charge in [-0.1, -0.05) is 16.6 Å². The third-order valence-electron chi connectivity index (χ3n) is 3.39. The van der Waals surface area contributed by atoms with E-state index < -0.39 is 17.8 Å². The molecule has 2 aromatic heterocycles. The van der Waals surface area contributed by atoms with Gasteiger partial charge in [-0.15, -0.1) is 0 Å². The number of carbonyl (C=O) groups is 1. The molecule has 0 saturated carbocycles. The normalized spacial score (nSPS) is 11.4. The molecule has 0 atom stereocenters. The van der Waals surface area contributed by atoms with E-state index in [1.54, 1.807) is 31.3 Å². The number of alkyl halides is 3. The molecule has 0 aliphatic carbocycles. The summed E-state index contributed by atoms with van der Waals surface area (Å²) in [5.74, 6) is -1.57. The summed E-state index contributed by atoms with van der Waals surface area (Å²) in [6.07, 6.45) is -1.52. The predicted molar refractivity (Wildman–Crippen MR) is 79.8 cm³/mol. The average molecular weight is 349 g/mol. The van der Waals surface area contributed by atoms with E-state index in [9.17, 15) is 18.0 Å². The SMILES string of the molecule is Cc1cc(-c2cc(C(F)(F)F)on2)ccc1C(=O)N[n+]1ccccn1. The van der Waals surface area contributed by atoms with Crippen molar-refractivity contribution in [2.24, 2.45) is 0 Å². The molecule has 9 heteroatoms. The number of benzene rings is 1. The van der Waals surface area contributed by atoms with Crippen molar-refractivity contribution in [3.8, 4) is 11.3 Å². The molecule has 0 spiro atoms. The van der Waals surface area contributed by atoms with E-state index in [1.807, 2.05) is 0 Å². The number of rotatable bonds is 3. The highest BCUT2D eigenvalue weighted by Crippen LogP contribution is 2.32. The summed E-state index contributed by atoms with van der Waals surface area (Å²) in [5, 5.41) is 7.35. The van der Waals surface area contributed by atoms with Gasteiger partial charge >= 0.3 is 12.1 Å². The second kappa shape index (κ2) is 6.34. The number of aryl methyl sites for hydroxylation is 1. The number of carbonyl (C=O) groups excluding carboxylic acids is 1. The van der Waals surface area contributed by atoms with Crippen molar-refractivity contribution in [2.75, 3.05) is 5.43 Å². The van der Waals surface area contributed by atoms with Gasteiger partial charge in [0.25, 0.3) is 0 Å². The minimum atomic E-state index is -4.60. The molecule has 0 unspecified atom stereocenters. The molecule has 1 N–H and O–H groups in total. The van der Waals surface area contributed by atoms with Crippen LogP contribution in [-0.2, 0) is 6.18 Å². The van der Waals surface area contributed by atoms with Crippen molar-refractivity contribution in [2.45, 2.75) is 13.1 Å². The molecule has 0 bridgehead atoms. The number of halogens is 3. The molecular formula is C16H12F3N4O2+. The zero-order valence-electron chi connectivity index (χ0n) is 12.9. The van der Waals surface area contributed by atoms with Crippen LogP contribution in [-0.4, -0.2) is 16.2 Å². The van der Waals surface area contributed by atoms with Crippen LogP contribution in [0.25, 0.3) is 11.3 Å². The molecule has 25 heavy (non-hydrogen) atoms. The van der Waals surface area contributed by atoms with E-state index >= 15 is 0 Å². The molecule has 0 aliphatic rings. The van der Waals surface area contributed by atoms with E-state index in [2.05, 4.69) is 20.2 Å². The van der Waals surface area contributed by atoms with E-state index in [4.69, 9.17) is 0 Å². The van der Waals surface area contributed by atoms with Gasteiger partial charge in [0.05, 0.1) is 6.20 Å². The van der Waals surface area contributed by atoms with E-state index in [-0.39, 0.29) is 5.69 Å². The molecule has 0 fully saturated rings. The van der Waals surface area contributed by atoms with Crippen LogP contribution in [0, 0.1) is 6.92 Å². The largest absolute Gasteiger partial charge is 0.452 e. The highest BCUT2D eigenvalue weighted by Gasteiger charge is 2.36. The van der Waals surface area contributed by atoms with E-state index in [0.29, 0.717) is 16.7 Å². The Balaban J connectivity index is 1.83. The Kier molecular flexibility index (Phi) is 4.22. The Labute approximate surface area is 139 Å². The fourth-order valence-corrected chi connectivity index (χ4v) is 2.18. The van der Waals surface area contributed by atoms with Crippen molar-refractivity contribution in [3.05, 3.63) is 65.7 Å². The summed E-state index contributed by atoms with van der Waals surface area (Å²) in [4.78, 5) is 13.5. The lowest BCUT2D eigenvalue weighted by Gasteiger charge is -2.05. The fourth-order valence-electron chi connectivity index (χ4n) is 2.18. The summed E-state index contributed by atoms with van der Waals surface area (Å²) in [6, 6.07) is 8.80. The first-order valence-electron chi connectivity index (χ1n) is 7.14. The second-order valence-corrected chi connectivity index (χ2v) is 5.19. The number of hydrogen-bond donors (Lipinski definition) is 1. The Bertz CT molecular complexity index is 907. The lowest BCUT2D eigenvalue weighted by Crippen LogP contribution is -2.50. The van der Waals surface area contributed by atoms with Crippen LogP contribution >= 0.6 is 0 Å². The van der Waals surface area contributed by atoms with Crippen LogP contribution in [0.1, 0.15) is 21.7 Å². The minimum Gasteiger partial charge on any atom is -0.351 e. The van der Waals surface area contributed by atoms with Crippen LogP contribution in [0.15, 0.2) is 53.3 Å². The Morgan fingerprint density at radius 3 is 2.64 bits per heavy atom. The van der Waals surface area contributed by atoms with Crippen molar-refractivity contribution in [1.29, 1.82) is 0 Å². The molecule has 1 amide bonds. The Morgan fingerprint density at radius 2 is 2.04 bits per heavy atom. The summed E-state index contributed by atoms with van der Waals surface area (Å²) >= 11 is 0. The monoisotopic (exact) mass is 349 g/mol. The first-order chi connectivity index (χ1) is 11.8. The quantitative estimate of drug-likeness (QED) is 0.738. The van der Waals surface area contributed by atoms with Crippen LogP contribution in [0.3, 0.4) is 0 Å². The zero-order chi connectivity index (χ0) is 18.0. The maximum atomic E-state index is 12.6. The van der Waals surface area contributed by atoms with Gasteiger partial charge in [0, 0.05) is 33.1 Å². The summed E-state index contributed by atoms with van der Waals surface area (Å²) in [5.41, 5.74) is 3.96. The Hall–Kier alpha value is -3.23. The molecule has 2 heterocycles. The number of hydrogen-bond acceptors (Lipinski definition) is 4. The molecule has 0 radical (unpaired) electrons. The molecule has 0 saturated heterocycles. The molecule has 3 rings (SSSR count). The first kappa shape index (κ1) is 16.6. The molecule has 6 nitrogen and oxygen atoms in total. The van der Waals surface area contributed by atoms with Crippen LogP contribution in [0.5, 0.6) is 0 Å². The maximum absolute atomic E-state index is 12.6. The van der Waals surface area contributed by atoms with Gasteiger partial charge in [-0.3, -0.25) is 4.79 Å². The Morgan fingerprint density at radius 1 is 1.24 bits per heavy atom. The highest BCUT2D eigenvalue weighted by atomic mass is 19.4. The second-order valence-electron chi connectivity index (χ2n) is 5.19. The van der Waals surface area contributed by atoms with Crippen molar-refractivity contribution in [3.63, 3.8) is 0 Å². The molecular weight excluding hydrogens is 337 g/mol. The molecule has 1 aromatic carbocycles. The van der Waals surface area contributed by atoms with Gasteiger partial charge in [0.2, 0.25) is 12.0 Å². The lowest BCUT2D eigenvalue weighted by atomic mass is 10.0. The molecule has 128 valence electrons. The number of aromatic nitrogens is 3. The van der Waals surface area contributed by atoms with Gasteiger partial charge in [0.15, 0.2) is 0 Å². The van der Waals surface area contributed by atoms with Crippen molar-refractivity contribution >= 4 is 5.91 Å². The third-order valence-corrected chi connectivity index (χ3v) is 3.39. The van der Waals surface area contributed by atoms with Crippen LogP contribution in [0.2, 0.25) is 0 Å². The van der Waals surface area contributed by atoms with Crippen molar-refractivity contribution in [1.82, 2.24) is 10.3 Å². The fraction of sp³-hybridized carbons (Fsp3) is 0.125. The lowest BCUT2D eigenvalue weighted by molar-refractivity contribution is -0.702. The highest BCUT2D eigenvalue weighted by molar-refractivity contribution is 6.00. The van der Waals surface area contributed by atoms with Gasteiger partial charge in [-0.2, -0.15) is 13.2 Å². The van der Waals surface area contributed by atoms with Gasteiger partial charge in [0.1, 0.15) is 5.69 Å². The summed E-state index contributed by atoms with van der Waals surface area (Å²) in [6.45, 7) is 1.67. The van der Waals surface area contributed by atoms with Crippen molar-refractivity contribution < 1.29 is 27.3 Å². The minimum absolute atomic E-state index is 0.0430. The standard InChI is InChI=1S/C16H11F3N4O2/c1-10-8-11(13-9-14(25-22-13)16(17,18)19)4-5-12(10)15(24)21-23-7-3-2-6-20-23/h2-9H,1H3/p+1. The first-order valence-corrected chi connectivity index (χ1v) is 7.14. The molecule has 3 aromatic rings. The topological polar surface area (TPSA) is 71.9 Å². The predicted octanol–water partition coefficient (Wildman–Crippen LogP) is 2.74. The smallest absolute Gasteiger partial charge is 0.351 e. The van der Waals surface area contributed by atoms with E-state index in [1.165, 1.54) is 23.1 Å². The third kappa shape index (κ3) is 3.65. The summed E-state index contributed by atoms with van der Waals surface area (Å²) < 4.78 is 42.0. The summed E-state index contributed by atoms with van der Waals surface area (Å²) in [7, 11) is 0. The number of nitrogens with zero attached hydrogens (tertiary/aromatic N) is 3. The number of nitrogens with one attached hydrogen (secondary N) is 1. The average Bonchev–Trinajstić information content (AvgIpc) is 3.06. The number of amides is 1. The van der Waals surface area contributed by atoms with Crippen LogP contribution in [0.4, 0.5) is 13.2 Å². The van der Waals surface area contributed by atoms with Crippen LogP contribution < -0.4 is 10.2 Å². The van der Waals surface area contributed by atoms with Gasteiger partial charge < -0.3 is 4.52 Å². The zero-order valence-corrected chi connectivity index (χ0v) is 12.9. The van der Waals surface area contributed by atoms with Gasteiger partial charge in [-0.05, 0) is 30.7 Å². The van der Waals surface area contributed by atoms with E-state index in [0.717, 1.165) is 6.07 Å².